The topological polar surface area (TPSA) is 79.3 Å². The molecule has 25 heavy (non-hydrogen) atoms. The summed E-state index contributed by atoms with van der Waals surface area (Å²) in [6.07, 6.45) is 0.00905. The Bertz CT molecular complexity index is 581. The van der Waals surface area contributed by atoms with E-state index in [1.54, 1.807) is 16.8 Å². The smallest absolute Gasteiger partial charge is 0.317 e. The third-order valence-electron chi connectivity index (χ3n) is 3.81. The molecule has 1 amide bonds. The second kappa shape index (κ2) is 9.33. The van der Waals surface area contributed by atoms with Crippen molar-refractivity contribution in [2.24, 2.45) is 0 Å². The van der Waals surface area contributed by atoms with Crippen molar-refractivity contribution in [1.82, 2.24) is 9.80 Å². The number of hydrogen-bond acceptors (Lipinski definition) is 5. The van der Waals surface area contributed by atoms with Crippen LogP contribution >= 0.6 is 0 Å². The van der Waals surface area contributed by atoms with Crippen LogP contribution in [0.2, 0.25) is 0 Å². The molecule has 1 heterocycles. The van der Waals surface area contributed by atoms with Gasteiger partial charge in [-0.05, 0) is 31.3 Å². The molecule has 0 bridgehead atoms. The lowest BCUT2D eigenvalue weighted by molar-refractivity contribution is -0.142. The van der Waals surface area contributed by atoms with Crippen LogP contribution in [0.4, 0.5) is 4.39 Å². The van der Waals surface area contributed by atoms with E-state index < -0.39 is 5.97 Å². The molecule has 0 spiro atoms. The molecule has 7 nitrogen and oxygen atoms in total. The largest absolute Gasteiger partial charge is 0.493 e. The molecule has 1 atom stereocenters. The van der Waals surface area contributed by atoms with E-state index in [1.165, 1.54) is 24.3 Å². The van der Waals surface area contributed by atoms with Gasteiger partial charge >= 0.3 is 5.97 Å². The van der Waals surface area contributed by atoms with Crippen molar-refractivity contribution in [2.75, 3.05) is 46.4 Å². The molecule has 138 valence electrons. The van der Waals surface area contributed by atoms with Crippen LogP contribution in [0.3, 0.4) is 0 Å². The zero-order valence-corrected chi connectivity index (χ0v) is 14.2. The maximum atomic E-state index is 12.8. The number of likely N-dealkylation sites (N-methyl/N-ethyl adjacent to an activating group) is 1. The van der Waals surface area contributed by atoms with Crippen molar-refractivity contribution >= 4 is 11.9 Å². The quantitative estimate of drug-likeness (QED) is 0.745. The number of carboxylic acids is 1. The number of morpholine rings is 1. The van der Waals surface area contributed by atoms with E-state index in [0.29, 0.717) is 32.0 Å². The number of carboxylic acid groups (broad SMARTS) is 1. The summed E-state index contributed by atoms with van der Waals surface area (Å²) in [6.45, 7) is 1.96. The Morgan fingerprint density at radius 1 is 1.40 bits per heavy atom. The third kappa shape index (κ3) is 6.67. The van der Waals surface area contributed by atoms with Gasteiger partial charge in [-0.25, -0.2) is 4.39 Å². The van der Waals surface area contributed by atoms with Crippen LogP contribution < -0.4 is 4.74 Å². The lowest BCUT2D eigenvalue weighted by Crippen LogP contribution is -2.49. The predicted molar refractivity (Wildman–Crippen MR) is 88.0 cm³/mol. The molecule has 1 aliphatic heterocycles. The van der Waals surface area contributed by atoms with Gasteiger partial charge in [0.25, 0.3) is 0 Å². The Balaban J connectivity index is 1.73. The monoisotopic (exact) mass is 354 g/mol. The van der Waals surface area contributed by atoms with E-state index in [0.717, 1.165) is 0 Å². The van der Waals surface area contributed by atoms with Crippen LogP contribution in [0, 0.1) is 5.82 Å². The Labute approximate surface area is 145 Å². The molecule has 0 saturated carbocycles. The van der Waals surface area contributed by atoms with Crippen LogP contribution in [0.25, 0.3) is 0 Å². The van der Waals surface area contributed by atoms with Crippen LogP contribution in [-0.4, -0.2) is 79.3 Å². The number of halogens is 1. The predicted octanol–water partition coefficient (Wildman–Crippen LogP) is 0.838. The average molecular weight is 354 g/mol. The molecular weight excluding hydrogens is 331 g/mol. The van der Waals surface area contributed by atoms with Gasteiger partial charge in [-0.1, -0.05) is 0 Å². The molecule has 1 fully saturated rings. The van der Waals surface area contributed by atoms with Gasteiger partial charge in [0.15, 0.2) is 0 Å². The van der Waals surface area contributed by atoms with Crippen molar-refractivity contribution in [2.45, 2.75) is 12.5 Å². The molecule has 0 radical (unpaired) electrons. The van der Waals surface area contributed by atoms with Crippen LogP contribution in [0.1, 0.15) is 6.42 Å². The van der Waals surface area contributed by atoms with E-state index in [2.05, 4.69) is 0 Å². The standard InChI is InChI=1S/C17H23FN2O5/c1-19(12-17(22)23)10-15-11-20(7-9-25-15)16(21)6-8-24-14-4-2-13(18)3-5-14/h2-5,15H,6-12H2,1H3,(H,22,23). The maximum Gasteiger partial charge on any atom is 0.317 e. The number of rotatable bonds is 8. The minimum Gasteiger partial charge on any atom is -0.493 e. The van der Waals surface area contributed by atoms with E-state index >= 15 is 0 Å². The zero-order valence-electron chi connectivity index (χ0n) is 14.2. The first-order valence-electron chi connectivity index (χ1n) is 8.12. The molecule has 0 aromatic heterocycles. The van der Waals surface area contributed by atoms with Gasteiger partial charge in [0.1, 0.15) is 11.6 Å². The highest BCUT2D eigenvalue weighted by Crippen LogP contribution is 2.12. The molecule has 2 rings (SSSR count). The van der Waals surface area contributed by atoms with Crippen molar-refractivity contribution in [3.63, 3.8) is 0 Å². The number of benzene rings is 1. The molecular formula is C17H23FN2O5. The van der Waals surface area contributed by atoms with Crippen molar-refractivity contribution < 1.29 is 28.6 Å². The summed E-state index contributed by atoms with van der Waals surface area (Å²) in [5, 5.41) is 8.78. The second-order valence-electron chi connectivity index (χ2n) is 5.98. The lowest BCUT2D eigenvalue weighted by atomic mass is 10.2. The third-order valence-corrected chi connectivity index (χ3v) is 3.81. The summed E-state index contributed by atoms with van der Waals surface area (Å²) >= 11 is 0. The first kappa shape index (κ1) is 19.1. The summed E-state index contributed by atoms with van der Waals surface area (Å²) in [5.74, 6) is -0.763. The molecule has 1 aromatic carbocycles. The highest BCUT2D eigenvalue weighted by atomic mass is 19.1. The van der Waals surface area contributed by atoms with Gasteiger partial charge in [0.05, 0.1) is 32.3 Å². The first-order valence-corrected chi connectivity index (χ1v) is 8.12. The van der Waals surface area contributed by atoms with Gasteiger partial charge in [-0.15, -0.1) is 0 Å². The second-order valence-corrected chi connectivity index (χ2v) is 5.98. The van der Waals surface area contributed by atoms with Gasteiger partial charge in [0, 0.05) is 19.6 Å². The molecule has 0 aliphatic carbocycles. The molecule has 1 aliphatic rings. The summed E-state index contributed by atoms with van der Waals surface area (Å²) in [7, 11) is 1.70. The summed E-state index contributed by atoms with van der Waals surface area (Å²) in [5.41, 5.74) is 0. The normalized spacial score (nSPS) is 17.6. The maximum absolute atomic E-state index is 12.8. The fourth-order valence-corrected chi connectivity index (χ4v) is 2.64. The highest BCUT2D eigenvalue weighted by Gasteiger charge is 2.25. The van der Waals surface area contributed by atoms with Gasteiger partial charge in [-0.3, -0.25) is 14.5 Å². The number of aliphatic carboxylic acids is 1. The summed E-state index contributed by atoms with van der Waals surface area (Å²) in [6, 6.07) is 5.64. The summed E-state index contributed by atoms with van der Waals surface area (Å²) < 4.78 is 23.9. The SMILES string of the molecule is CN(CC(=O)O)CC1CN(C(=O)CCOc2ccc(F)cc2)CCO1. The fraction of sp³-hybridized carbons (Fsp3) is 0.529. The molecule has 1 aromatic rings. The van der Waals surface area contributed by atoms with E-state index in [-0.39, 0.29) is 37.4 Å². The van der Waals surface area contributed by atoms with Gasteiger partial charge in [-0.2, -0.15) is 0 Å². The average Bonchev–Trinajstić information content (AvgIpc) is 2.56. The van der Waals surface area contributed by atoms with Crippen molar-refractivity contribution in [1.29, 1.82) is 0 Å². The van der Waals surface area contributed by atoms with Crippen LogP contribution in [0.5, 0.6) is 5.75 Å². The Hall–Kier alpha value is -2.19. The Kier molecular flexibility index (Phi) is 7.15. The first-order chi connectivity index (χ1) is 11.9. The number of carbonyl (C=O) groups is 2. The summed E-state index contributed by atoms with van der Waals surface area (Å²) in [4.78, 5) is 26.3. The minimum atomic E-state index is -0.899. The van der Waals surface area contributed by atoms with Crippen LogP contribution in [-0.2, 0) is 14.3 Å². The lowest BCUT2D eigenvalue weighted by Gasteiger charge is -2.34. The number of ether oxygens (including phenoxy) is 2. The number of hydrogen-bond donors (Lipinski definition) is 1. The number of carbonyl (C=O) groups excluding carboxylic acids is 1. The Morgan fingerprint density at radius 2 is 2.12 bits per heavy atom. The van der Waals surface area contributed by atoms with E-state index in [9.17, 15) is 14.0 Å². The van der Waals surface area contributed by atoms with E-state index in [1.807, 2.05) is 0 Å². The van der Waals surface area contributed by atoms with Crippen LogP contribution in [0.15, 0.2) is 24.3 Å². The number of nitrogens with zero attached hydrogens (tertiary/aromatic N) is 2. The van der Waals surface area contributed by atoms with Gasteiger partial charge in [0.2, 0.25) is 5.91 Å². The molecule has 1 N–H and O–H groups in total. The fourth-order valence-electron chi connectivity index (χ4n) is 2.64. The highest BCUT2D eigenvalue weighted by molar-refractivity contribution is 5.76. The molecule has 1 saturated heterocycles. The van der Waals surface area contributed by atoms with Crippen molar-refractivity contribution in [3.8, 4) is 5.75 Å². The Morgan fingerprint density at radius 3 is 2.80 bits per heavy atom. The number of amides is 1. The minimum absolute atomic E-state index is 0.0451. The molecule has 8 heteroatoms. The zero-order chi connectivity index (χ0) is 18.2. The van der Waals surface area contributed by atoms with Crippen molar-refractivity contribution in [3.05, 3.63) is 30.1 Å². The van der Waals surface area contributed by atoms with E-state index in [4.69, 9.17) is 14.6 Å². The van der Waals surface area contributed by atoms with Gasteiger partial charge < -0.3 is 19.5 Å². The molecule has 1 unspecified atom stereocenters.